The first-order valence-electron chi connectivity index (χ1n) is 8.63. The van der Waals surface area contributed by atoms with Crippen molar-refractivity contribution in [3.8, 4) is 0 Å². The minimum absolute atomic E-state index is 0.0157. The van der Waals surface area contributed by atoms with Crippen LogP contribution in [0.5, 0.6) is 0 Å². The van der Waals surface area contributed by atoms with Gasteiger partial charge in [-0.15, -0.1) is 0 Å². The van der Waals surface area contributed by atoms with Gasteiger partial charge in [0.05, 0.1) is 43.3 Å². The molecule has 3 heterocycles. The van der Waals surface area contributed by atoms with Crippen LogP contribution >= 0.6 is 0 Å². The lowest BCUT2D eigenvalue weighted by Gasteiger charge is -2.46. The fourth-order valence-electron chi connectivity index (χ4n) is 4.03. The number of amides is 1. The van der Waals surface area contributed by atoms with Gasteiger partial charge in [-0.25, -0.2) is 0 Å². The second-order valence-corrected chi connectivity index (χ2v) is 6.65. The first-order chi connectivity index (χ1) is 12.1. The van der Waals surface area contributed by atoms with Crippen LogP contribution in [-0.2, 0) is 20.7 Å². The van der Waals surface area contributed by atoms with Crippen LogP contribution in [0.1, 0.15) is 5.56 Å². The third-order valence-electron chi connectivity index (χ3n) is 5.29. The molecule has 0 bridgehead atoms. The van der Waals surface area contributed by atoms with Gasteiger partial charge in [-0.2, -0.15) is 0 Å². The van der Waals surface area contributed by atoms with E-state index >= 15 is 0 Å². The molecular formula is C17H21N3O5. The zero-order valence-corrected chi connectivity index (χ0v) is 13.9. The molecule has 8 nitrogen and oxygen atoms in total. The molecule has 0 aromatic heterocycles. The van der Waals surface area contributed by atoms with Crippen molar-refractivity contribution in [3.05, 3.63) is 33.9 Å². The minimum Gasteiger partial charge on any atom is -0.378 e. The highest BCUT2D eigenvalue weighted by atomic mass is 16.6. The number of hydrogen-bond donors (Lipinski definition) is 0. The van der Waals surface area contributed by atoms with Gasteiger partial charge in [0, 0.05) is 37.5 Å². The molecule has 0 spiro atoms. The highest BCUT2D eigenvalue weighted by molar-refractivity contribution is 5.82. The summed E-state index contributed by atoms with van der Waals surface area (Å²) in [7, 11) is 0. The van der Waals surface area contributed by atoms with Gasteiger partial charge in [0.1, 0.15) is 0 Å². The Morgan fingerprint density at radius 1 is 1.16 bits per heavy atom. The van der Waals surface area contributed by atoms with Crippen LogP contribution in [0.3, 0.4) is 0 Å². The Bertz CT molecular complexity index is 689. The maximum Gasteiger partial charge on any atom is 0.269 e. The predicted molar refractivity (Wildman–Crippen MR) is 89.6 cm³/mol. The molecule has 1 aromatic rings. The number of carbonyl (C=O) groups excluding carboxylic acids is 1. The average Bonchev–Trinajstić information content (AvgIpc) is 2.67. The van der Waals surface area contributed by atoms with E-state index in [-0.39, 0.29) is 28.5 Å². The minimum atomic E-state index is -0.384. The van der Waals surface area contributed by atoms with E-state index < -0.39 is 0 Å². The van der Waals surface area contributed by atoms with Gasteiger partial charge in [-0.05, 0) is 18.1 Å². The maximum absolute atomic E-state index is 13.1. The van der Waals surface area contributed by atoms with E-state index in [9.17, 15) is 14.9 Å². The Balaban J connectivity index is 1.67. The molecule has 2 saturated heterocycles. The highest BCUT2D eigenvalue weighted by Crippen LogP contribution is 2.38. The summed E-state index contributed by atoms with van der Waals surface area (Å²) in [5, 5.41) is 11.1. The van der Waals surface area contributed by atoms with Crippen molar-refractivity contribution in [2.45, 2.75) is 12.5 Å². The molecule has 2 fully saturated rings. The molecule has 4 rings (SSSR count). The Kier molecular flexibility index (Phi) is 4.30. The smallest absolute Gasteiger partial charge is 0.269 e. The zero-order valence-electron chi connectivity index (χ0n) is 13.9. The lowest BCUT2D eigenvalue weighted by atomic mass is 9.84. The number of morpholine rings is 2. The van der Waals surface area contributed by atoms with E-state index in [2.05, 4.69) is 4.90 Å². The number of nitro benzene ring substituents is 1. The van der Waals surface area contributed by atoms with E-state index in [1.807, 2.05) is 4.90 Å². The van der Waals surface area contributed by atoms with Crippen molar-refractivity contribution in [1.82, 2.24) is 4.90 Å². The fraction of sp³-hybridized carbons (Fsp3) is 0.588. The lowest BCUT2D eigenvalue weighted by molar-refractivity contribution is -0.384. The molecule has 134 valence electrons. The van der Waals surface area contributed by atoms with Crippen LogP contribution in [0.25, 0.3) is 0 Å². The second kappa shape index (κ2) is 6.61. The van der Waals surface area contributed by atoms with Gasteiger partial charge in [0.25, 0.3) is 5.69 Å². The molecule has 2 atom stereocenters. The van der Waals surface area contributed by atoms with Crippen LogP contribution in [0.15, 0.2) is 18.2 Å². The van der Waals surface area contributed by atoms with Crippen LogP contribution in [-0.4, -0.2) is 67.8 Å². The monoisotopic (exact) mass is 347 g/mol. The van der Waals surface area contributed by atoms with Crippen molar-refractivity contribution >= 4 is 17.3 Å². The van der Waals surface area contributed by atoms with E-state index in [1.165, 1.54) is 6.07 Å². The molecule has 0 N–H and O–H groups in total. The fourth-order valence-corrected chi connectivity index (χ4v) is 4.03. The predicted octanol–water partition coefficient (Wildman–Crippen LogP) is 0.831. The Labute approximate surface area is 145 Å². The van der Waals surface area contributed by atoms with Gasteiger partial charge in [-0.1, -0.05) is 0 Å². The van der Waals surface area contributed by atoms with Gasteiger partial charge in [-0.3, -0.25) is 14.9 Å². The van der Waals surface area contributed by atoms with Crippen LogP contribution in [0, 0.1) is 16.0 Å². The number of carbonyl (C=O) groups is 1. The normalized spacial score (nSPS) is 25.9. The summed E-state index contributed by atoms with van der Waals surface area (Å²) < 4.78 is 11.0. The summed E-state index contributed by atoms with van der Waals surface area (Å²) in [6.45, 7) is 4.14. The summed E-state index contributed by atoms with van der Waals surface area (Å²) in [5.74, 6) is -0.145. The van der Waals surface area contributed by atoms with E-state index in [0.717, 1.165) is 11.3 Å². The number of ether oxygens (including phenoxy) is 2. The van der Waals surface area contributed by atoms with E-state index in [0.29, 0.717) is 52.5 Å². The Morgan fingerprint density at radius 2 is 1.92 bits per heavy atom. The molecule has 1 amide bonds. The zero-order chi connectivity index (χ0) is 17.4. The highest BCUT2D eigenvalue weighted by Gasteiger charge is 2.42. The Hall–Kier alpha value is -2.19. The molecule has 0 aliphatic carbocycles. The van der Waals surface area contributed by atoms with E-state index in [1.54, 1.807) is 12.1 Å². The van der Waals surface area contributed by atoms with Crippen molar-refractivity contribution in [1.29, 1.82) is 0 Å². The molecule has 8 heteroatoms. The van der Waals surface area contributed by atoms with E-state index in [4.69, 9.17) is 9.47 Å². The average molecular weight is 347 g/mol. The summed E-state index contributed by atoms with van der Waals surface area (Å²) in [6.07, 6.45) is 0.512. The van der Waals surface area contributed by atoms with Crippen molar-refractivity contribution in [3.63, 3.8) is 0 Å². The molecular weight excluding hydrogens is 326 g/mol. The number of nitro groups is 1. The van der Waals surface area contributed by atoms with Gasteiger partial charge < -0.3 is 19.3 Å². The summed E-state index contributed by atoms with van der Waals surface area (Å²) in [4.78, 5) is 27.9. The summed E-state index contributed by atoms with van der Waals surface area (Å²) >= 11 is 0. The topological polar surface area (TPSA) is 85.1 Å². The van der Waals surface area contributed by atoms with Crippen LogP contribution < -0.4 is 4.90 Å². The SMILES string of the molecule is O=C(C1Cc2cc([N+](=O)[O-])ccc2N2CCOCC12)N1CCOCC1. The number of non-ortho nitro benzene ring substituents is 1. The van der Waals surface area contributed by atoms with Gasteiger partial charge >= 0.3 is 0 Å². The molecule has 2 unspecified atom stereocenters. The van der Waals surface area contributed by atoms with Crippen LogP contribution in [0.4, 0.5) is 11.4 Å². The maximum atomic E-state index is 13.1. The third kappa shape index (κ3) is 2.96. The number of anilines is 1. The second-order valence-electron chi connectivity index (χ2n) is 6.65. The summed E-state index contributed by atoms with van der Waals surface area (Å²) in [6, 6.07) is 4.94. The molecule has 3 aliphatic rings. The van der Waals surface area contributed by atoms with Crippen LogP contribution in [0.2, 0.25) is 0 Å². The lowest BCUT2D eigenvalue weighted by Crippen LogP contribution is -2.58. The molecule has 25 heavy (non-hydrogen) atoms. The molecule has 0 saturated carbocycles. The molecule has 1 aromatic carbocycles. The standard InChI is InChI=1S/C17H21N3O5/c21-17(18-3-6-24-7-4-18)14-10-12-9-13(20(22)23)1-2-15(12)19-5-8-25-11-16(14)19/h1-2,9,14,16H,3-8,10-11H2. The quantitative estimate of drug-likeness (QED) is 0.582. The largest absolute Gasteiger partial charge is 0.378 e. The number of fused-ring (bicyclic) bond motifs is 3. The Morgan fingerprint density at radius 3 is 2.68 bits per heavy atom. The van der Waals surface area contributed by atoms with Gasteiger partial charge in [0.2, 0.25) is 5.91 Å². The third-order valence-corrected chi connectivity index (χ3v) is 5.29. The first kappa shape index (κ1) is 16.3. The van der Waals surface area contributed by atoms with Crippen molar-refractivity contribution in [2.24, 2.45) is 5.92 Å². The van der Waals surface area contributed by atoms with Crippen molar-refractivity contribution in [2.75, 3.05) is 51.0 Å². The molecule has 3 aliphatic heterocycles. The number of hydrogen-bond acceptors (Lipinski definition) is 6. The summed E-state index contributed by atoms with van der Waals surface area (Å²) in [5.41, 5.74) is 1.94. The van der Waals surface area contributed by atoms with Gasteiger partial charge in [0.15, 0.2) is 0 Å². The van der Waals surface area contributed by atoms with Crippen molar-refractivity contribution < 1.29 is 19.2 Å². The molecule has 0 radical (unpaired) electrons. The number of benzene rings is 1. The first-order valence-corrected chi connectivity index (χ1v) is 8.63. The number of rotatable bonds is 2. The number of nitrogens with zero attached hydrogens (tertiary/aromatic N) is 3.